The van der Waals surface area contributed by atoms with Crippen LogP contribution in [0.3, 0.4) is 0 Å². The van der Waals surface area contributed by atoms with Crippen LogP contribution in [0, 0.1) is 5.82 Å². The van der Waals surface area contributed by atoms with Gasteiger partial charge in [-0.2, -0.15) is 0 Å². The largest absolute Gasteiger partial charge is 0.497 e. The molecule has 2 atom stereocenters. The number of ether oxygens (including phenoxy) is 2. The number of hydrogen-bond donors (Lipinski definition) is 2. The van der Waals surface area contributed by atoms with Gasteiger partial charge in [-0.15, -0.1) is 0 Å². The second-order valence-electron chi connectivity index (χ2n) is 6.76. The highest BCUT2D eigenvalue weighted by Gasteiger charge is 2.33. The molecular weight excluding hydrogens is 347 g/mol. The predicted molar refractivity (Wildman–Crippen MR) is 100 cm³/mol. The number of quaternary nitrogens is 1. The summed E-state index contributed by atoms with van der Waals surface area (Å²) in [7, 11) is 3.27. The molecule has 2 aromatic carbocycles. The van der Waals surface area contributed by atoms with Gasteiger partial charge in [-0.3, -0.25) is 4.79 Å². The minimum Gasteiger partial charge on any atom is -0.497 e. The maximum atomic E-state index is 13.7. The molecule has 1 aliphatic heterocycles. The Kier molecular flexibility index (Phi) is 6.29. The summed E-state index contributed by atoms with van der Waals surface area (Å²) in [6.45, 7) is 1.48. The van der Waals surface area contributed by atoms with E-state index in [1.54, 1.807) is 32.4 Å². The van der Waals surface area contributed by atoms with E-state index < -0.39 is 0 Å². The molecule has 1 unspecified atom stereocenters. The maximum absolute atomic E-state index is 13.7. The molecule has 144 valence electrons. The predicted octanol–water partition coefficient (Wildman–Crippen LogP) is 1.88. The first-order valence-electron chi connectivity index (χ1n) is 9.19. The SMILES string of the molecule is COc1ccc([C@@H]2CCC[NH+]2CC(=O)NCc2ccccc2F)c(OC)c1. The van der Waals surface area contributed by atoms with Gasteiger partial charge < -0.3 is 19.7 Å². The van der Waals surface area contributed by atoms with Gasteiger partial charge in [0.2, 0.25) is 0 Å². The monoisotopic (exact) mass is 373 g/mol. The third-order valence-corrected chi connectivity index (χ3v) is 5.12. The number of methoxy groups -OCH3 is 2. The lowest BCUT2D eigenvalue weighted by Crippen LogP contribution is -3.11. The van der Waals surface area contributed by atoms with Gasteiger partial charge in [0.05, 0.1) is 26.3 Å². The molecule has 0 radical (unpaired) electrons. The summed E-state index contributed by atoms with van der Waals surface area (Å²) >= 11 is 0. The van der Waals surface area contributed by atoms with Crippen molar-refractivity contribution >= 4 is 5.91 Å². The zero-order valence-corrected chi connectivity index (χ0v) is 15.8. The molecule has 0 spiro atoms. The fourth-order valence-corrected chi connectivity index (χ4v) is 3.71. The van der Waals surface area contributed by atoms with E-state index >= 15 is 0 Å². The van der Waals surface area contributed by atoms with E-state index in [0.717, 1.165) is 36.4 Å². The van der Waals surface area contributed by atoms with Crippen molar-refractivity contribution in [2.75, 3.05) is 27.3 Å². The molecule has 6 heteroatoms. The lowest BCUT2D eigenvalue weighted by Gasteiger charge is -2.23. The van der Waals surface area contributed by atoms with Crippen molar-refractivity contribution in [2.24, 2.45) is 0 Å². The van der Waals surface area contributed by atoms with E-state index in [1.165, 1.54) is 11.0 Å². The van der Waals surface area contributed by atoms with Crippen molar-refractivity contribution in [3.8, 4) is 11.5 Å². The van der Waals surface area contributed by atoms with Crippen LogP contribution in [0.25, 0.3) is 0 Å². The molecule has 5 nitrogen and oxygen atoms in total. The summed E-state index contributed by atoms with van der Waals surface area (Å²) in [6, 6.07) is 12.5. The van der Waals surface area contributed by atoms with E-state index in [1.807, 2.05) is 18.2 Å². The van der Waals surface area contributed by atoms with Crippen LogP contribution in [0.1, 0.15) is 30.0 Å². The summed E-state index contributed by atoms with van der Waals surface area (Å²) in [5.74, 6) is 1.16. The molecule has 1 fully saturated rings. The number of amides is 1. The number of rotatable bonds is 7. The number of benzene rings is 2. The molecule has 2 N–H and O–H groups in total. The van der Waals surface area contributed by atoms with Gasteiger partial charge in [0.25, 0.3) is 5.91 Å². The Morgan fingerprint density at radius 2 is 2.04 bits per heavy atom. The molecule has 3 rings (SSSR count). The van der Waals surface area contributed by atoms with Crippen LogP contribution in [0.2, 0.25) is 0 Å². The smallest absolute Gasteiger partial charge is 0.275 e. The Labute approximate surface area is 159 Å². The van der Waals surface area contributed by atoms with Crippen molar-refractivity contribution in [3.05, 3.63) is 59.4 Å². The Morgan fingerprint density at radius 1 is 1.22 bits per heavy atom. The number of carbonyl (C=O) groups excluding carboxylic acids is 1. The van der Waals surface area contributed by atoms with Crippen molar-refractivity contribution in [2.45, 2.75) is 25.4 Å². The van der Waals surface area contributed by atoms with Crippen LogP contribution in [-0.2, 0) is 11.3 Å². The molecular formula is C21H26FN2O3+. The molecule has 27 heavy (non-hydrogen) atoms. The van der Waals surface area contributed by atoms with Crippen molar-refractivity contribution in [1.29, 1.82) is 0 Å². The van der Waals surface area contributed by atoms with Crippen molar-refractivity contribution in [3.63, 3.8) is 0 Å². The van der Waals surface area contributed by atoms with Crippen LogP contribution in [0.15, 0.2) is 42.5 Å². The number of nitrogens with one attached hydrogen (secondary N) is 2. The second-order valence-corrected chi connectivity index (χ2v) is 6.76. The van der Waals surface area contributed by atoms with Crippen molar-refractivity contribution in [1.82, 2.24) is 5.32 Å². The van der Waals surface area contributed by atoms with Crippen LogP contribution < -0.4 is 19.7 Å². The Morgan fingerprint density at radius 3 is 2.78 bits per heavy atom. The first-order chi connectivity index (χ1) is 13.1. The molecule has 1 aliphatic rings. The summed E-state index contributed by atoms with van der Waals surface area (Å²) in [5, 5.41) is 2.83. The van der Waals surface area contributed by atoms with Gasteiger partial charge in [0, 0.05) is 31.0 Å². The number of carbonyl (C=O) groups is 1. The van der Waals surface area contributed by atoms with Gasteiger partial charge in [-0.1, -0.05) is 18.2 Å². The number of hydrogen-bond acceptors (Lipinski definition) is 3. The molecule has 0 aliphatic carbocycles. The average Bonchev–Trinajstić information content (AvgIpc) is 3.14. The third-order valence-electron chi connectivity index (χ3n) is 5.12. The van der Waals surface area contributed by atoms with Crippen LogP contribution in [0.5, 0.6) is 11.5 Å². The summed E-state index contributed by atoms with van der Waals surface area (Å²) in [5.41, 5.74) is 1.59. The summed E-state index contributed by atoms with van der Waals surface area (Å²) in [6.07, 6.45) is 2.05. The molecule has 1 amide bonds. The van der Waals surface area contributed by atoms with Gasteiger partial charge in [0.15, 0.2) is 6.54 Å². The molecule has 0 aromatic heterocycles. The van der Waals surface area contributed by atoms with Gasteiger partial charge in [-0.25, -0.2) is 4.39 Å². The van der Waals surface area contributed by atoms with Crippen LogP contribution in [-0.4, -0.2) is 33.2 Å². The van der Waals surface area contributed by atoms with E-state index in [-0.39, 0.29) is 24.3 Å². The topological polar surface area (TPSA) is 52.0 Å². The molecule has 0 bridgehead atoms. The van der Waals surface area contributed by atoms with Crippen molar-refractivity contribution < 1.29 is 23.6 Å². The summed E-state index contributed by atoms with van der Waals surface area (Å²) < 4.78 is 24.5. The molecule has 2 aromatic rings. The second kappa shape index (κ2) is 8.86. The summed E-state index contributed by atoms with van der Waals surface area (Å²) in [4.78, 5) is 13.6. The Bertz CT molecular complexity index is 797. The number of likely N-dealkylation sites (tertiary alicyclic amines) is 1. The molecule has 1 heterocycles. The molecule has 0 saturated carbocycles. The zero-order valence-electron chi connectivity index (χ0n) is 15.8. The fourth-order valence-electron chi connectivity index (χ4n) is 3.71. The van der Waals surface area contributed by atoms with Crippen LogP contribution >= 0.6 is 0 Å². The highest BCUT2D eigenvalue weighted by molar-refractivity contribution is 5.76. The van der Waals surface area contributed by atoms with E-state index in [4.69, 9.17) is 9.47 Å². The first kappa shape index (κ1) is 19.2. The van der Waals surface area contributed by atoms with E-state index in [9.17, 15) is 9.18 Å². The minimum absolute atomic E-state index is 0.0763. The first-order valence-corrected chi connectivity index (χ1v) is 9.19. The molecule has 1 saturated heterocycles. The maximum Gasteiger partial charge on any atom is 0.275 e. The average molecular weight is 373 g/mol. The zero-order chi connectivity index (χ0) is 19.2. The normalized spacial score (nSPS) is 18.9. The lowest BCUT2D eigenvalue weighted by atomic mass is 10.0. The lowest BCUT2D eigenvalue weighted by molar-refractivity contribution is -0.910. The Balaban J connectivity index is 1.64. The van der Waals surface area contributed by atoms with Gasteiger partial charge in [0.1, 0.15) is 23.4 Å². The van der Waals surface area contributed by atoms with E-state index in [2.05, 4.69) is 5.32 Å². The minimum atomic E-state index is -0.299. The highest BCUT2D eigenvalue weighted by atomic mass is 19.1. The van der Waals surface area contributed by atoms with Crippen LogP contribution in [0.4, 0.5) is 4.39 Å². The highest BCUT2D eigenvalue weighted by Crippen LogP contribution is 2.31. The standard InChI is InChI=1S/C21H25FN2O3/c1-26-16-9-10-17(20(12-16)27-2)19-8-5-11-24(19)14-21(25)23-13-15-6-3-4-7-18(15)22/h3-4,6-7,9-10,12,19H,5,8,11,13-14H2,1-2H3,(H,23,25)/p+1/t19-/m0/s1. The number of halogens is 1. The fraction of sp³-hybridized carbons (Fsp3) is 0.381. The third kappa shape index (κ3) is 4.57. The quantitative estimate of drug-likeness (QED) is 0.779. The van der Waals surface area contributed by atoms with E-state index in [0.29, 0.717) is 12.1 Å². The van der Waals surface area contributed by atoms with Gasteiger partial charge >= 0.3 is 0 Å². The Hall–Kier alpha value is -2.60. The van der Waals surface area contributed by atoms with Gasteiger partial charge in [-0.05, 0) is 18.2 Å².